The van der Waals surface area contributed by atoms with Crippen LogP contribution in [0.3, 0.4) is 0 Å². The summed E-state index contributed by atoms with van der Waals surface area (Å²) in [6.07, 6.45) is 4.82. The Bertz CT molecular complexity index is 1370. The molecule has 4 aliphatic rings. The van der Waals surface area contributed by atoms with Gasteiger partial charge in [0.2, 0.25) is 5.91 Å². The van der Waals surface area contributed by atoms with Crippen LogP contribution in [0.2, 0.25) is 0 Å². The molecule has 1 aromatic rings. The average molecular weight is 587 g/mol. The highest BCUT2D eigenvalue weighted by atomic mass is 35.5. The van der Waals surface area contributed by atoms with E-state index in [1.165, 1.54) is 19.1 Å². The second-order valence-electron chi connectivity index (χ2n) is 11.4. The zero-order valence-electron chi connectivity index (χ0n) is 21.8. The van der Waals surface area contributed by atoms with Crippen molar-refractivity contribution in [1.29, 1.82) is 0 Å². The maximum atomic E-state index is 13.9. The molecule has 1 aliphatic heterocycles. The van der Waals surface area contributed by atoms with E-state index in [-0.39, 0.29) is 40.5 Å². The number of sulfone groups is 1. The van der Waals surface area contributed by atoms with Crippen LogP contribution in [0.5, 0.6) is 0 Å². The van der Waals surface area contributed by atoms with Crippen LogP contribution >= 0.6 is 11.6 Å². The van der Waals surface area contributed by atoms with Crippen LogP contribution in [0, 0.1) is 29.3 Å². The van der Waals surface area contributed by atoms with Crippen molar-refractivity contribution in [3.63, 3.8) is 0 Å². The third kappa shape index (κ3) is 4.70. The summed E-state index contributed by atoms with van der Waals surface area (Å²) >= 11 is 6.37. The molecule has 5 rings (SSSR count). The number of ether oxygens (including phenoxy) is 1. The largest absolute Gasteiger partial charge is 0.347 e. The Morgan fingerprint density at radius 3 is 2.21 bits per heavy atom. The van der Waals surface area contributed by atoms with Crippen molar-refractivity contribution in [2.24, 2.45) is 11.8 Å². The monoisotopic (exact) mass is 586 g/mol. The lowest BCUT2D eigenvalue weighted by Crippen LogP contribution is -2.52. The second kappa shape index (κ2) is 9.62. The van der Waals surface area contributed by atoms with E-state index in [1.54, 1.807) is 4.90 Å². The minimum atomic E-state index is -3.85. The molecule has 0 radical (unpaired) electrons. The number of carbonyl (C=O) groups is 2. The standard InChI is InChI=1S/C27H30ClF3N2O5S/c1-14(34)33-13-27(38-26(33,2)3)16-5-6-17(27)10-19(9-16)39(36,37)23-8-15(4-7-20(23)28)25(35)32-18-11-21(29)24(31)22(30)12-18/h4,7,11-12,16-17,19,23H,5-6,8-10,13H2,1-3H3,(H,32,35)/t16?,17?,19-,23?,27-. The zero-order chi connectivity index (χ0) is 28.5. The lowest BCUT2D eigenvalue weighted by molar-refractivity contribution is -0.164. The molecule has 1 aromatic carbocycles. The van der Waals surface area contributed by atoms with E-state index in [1.807, 2.05) is 13.8 Å². The van der Waals surface area contributed by atoms with Crippen molar-refractivity contribution < 1.29 is 35.9 Å². The maximum Gasteiger partial charge on any atom is 0.251 e. The molecule has 7 nitrogen and oxygen atoms in total. The molecule has 2 amide bonds. The summed E-state index contributed by atoms with van der Waals surface area (Å²) in [5.41, 5.74) is -1.60. The fraction of sp³-hybridized carbons (Fsp3) is 0.556. The summed E-state index contributed by atoms with van der Waals surface area (Å²) < 4.78 is 74.7. The van der Waals surface area contributed by atoms with Crippen LogP contribution in [0.25, 0.3) is 0 Å². The van der Waals surface area contributed by atoms with E-state index in [4.69, 9.17) is 16.3 Å². The fourth-order valence-corrected chi connectivity index (χ4v) is 9.71. The topological polar surface area (TPSA) is 92.8 Å². The van der Waals surface area contributed by atoms with E-state index in [0.29, 0.717) is 31.5 Å². The van der Waals surface area contributed by atoms with Gasteiger partial charge in [0.25, 0.3) is 5.91 Å². The van der Waals surface area contributed by atoms with E-state index < -0.39 is 55.0 Å². The maximum absolute atomic E-state index is 13.9. The van der Waals surface area contributed by atoms with Crippen LogP contribution in [0.4, 0.5) is 18.9 Å². The molecule has 1 saturated heterocycles. The van der Waals surface area contributed by atoms with Crippen molar-refractivity contribution >= 4 is 38.9 Å². The first-order valence-electron chi connectivity index (χ1n) is 12.9. The van der Waals surface area contributed by atoms with Gasteiger partial charge in [0.1, 0.15) is 11.0 Å². The molecule has 2 saturated carbocycles. The molecule has 1 heterocycles. The van der Waals surface area contributed by atoms with E-state index in [9.17, 15) is 31.2 Å². The Hall–Kier alpha value is -2.37. The average Bonchev–Trinajstić information content (AvgIpc) is 3.19. The molecule has 2 bridgehead atoms. The van der Waals surface area contributed by atoms with E-state index in [0.717, 1.165) is 12.8 Å². The molecule has 212 valence electrons. The Labute approximate surface area is 230 Å². The van der Waals surface area contributed by atoms with Crippen molar-refractivity contribution in [1.82, 2.24) is 4.90 Å². The number of benzene rings is 1. The normalized spacial score (nSPS) is 31.7. The molecule has 3 unspecified atom stereocenters. The van der Waals surface area contributed by atoms with Crippen LogP contribution in [-0.2, 0) is 24.2 Å². The predicted octanol–water partition coefficient (Wildman–Crippen LogP) is 4.82. The van der Waals surface area contributed by atoms with Gasteiger partial charge in [-0.2, -0.15) is 0 Å². The lowest BCUT2D eigenvalue weighted by Gasteiger charge is -2.44. The summed E-state index contributed by atoms with van der Waals surface area (Å²) in [7, 11) is -3.85. The molecule has 3 fully saturated rings. The van der Waals surface area contributed by atoms with Crippen molar-refractivity contribution in [2.75, 3.05) is 11.9 Å². The summed E-state index contributed by atoms with van der Waals surface area (Å²) in [5.74, 6) is -5.53. The Morgan fingerprint density at radius 1 is 1.08 bits per heavy atom. The molecule has 39 heavy (non-hydrogen) atoms. The minimum absolute atomic E-state index is 0.0485. The van der Waals surface area contributed by atoms with Gasteiger partial charge in [-0.1, -0.05) is 17.7 Å². The van der Waals surface area contributed by atoms with Crippen LogP contribution < -0.4 is 5.32 Å². The SMILES string of the molecule is CC(=O)N1C[C@]2(OC1(C)C)C1CCC2C[C@@H](S(=O)(=O)C2CC(C(=O)Nc3cc(F)c(F)c(F)c3)=CC=C2Cl)C1. The quantitative estimate of drug-likeness (QED) is 0.511. The highest BCUT2D eigenvalue weighted by Crippen LogP contribution is 2.58. The van der Waals surface area contributed by atoms with Gasteiger partial charge in [0, 0.05) is 35.3 Å². The first kappa shape index (κ1) is 28.2. The summed E-state index contributed by atoms with van der Waals surface area (Å²) in [5, 5.41) is 0.524. The van der Waals surface area contributed by atoms with E-state index >= 15 is 0 Å². The minimum Gasteiger partial charge on any atom is -0.347 e. The number of carbonyl (C=O) groups excluding carboxylic acids is 2. The molecule has 1 N–H and O–H groups in total. The van der Waals surface area contributed by atoms with Gasteiger partial charge in [0.15, 0.2) is 27.3 Å². The van der Waals surface area contributed by atoms with Gasteiger partial charge < -0.3 is 15.0 Å². The highest BCUT2D eigenvalue weighted by molar-refractivity contribution is 7.93. The number of rotatable bonds is 4. The Kier molecular flexibility index (Phi) is 6.95. The number of nitrogens with zero attached hydrogens (tertiary/aromatic N) is 1. The van der Waals surface area contributed by atoms with Gasteiger partial charge in [-0.25, -0.2) is 21.6 Å². The zero-order valence-corrected chi connectivity index (χ0v) is 23.3. The molecule has 3 aliphatic carbocycles. The van der Waals surface area contributed by atoms with Gasteiger partial charge in [-0.05, 0) is 63.9 Å². The summed E-state index contributed by atoms with van der Waals surface area (Å²) in [6.45, 7) is 5.64. The first-order valence-corrected chi connectivity index (χ1v) is 14.9. The third-order valence-electron chi connectivity index (χ3n) is 8.77. The molecule has 1 spiro atoms. The highest BCUT2D eigenvalue weighted by Gasteiger charge is 2.64. The number of anilines is 1. The summed E-state index contributed by atoms with van der Waals surface area (Å²) in [4.78, 5) is 26.8. The van der Waals surface area contributed by atoms with Gasteiger partial charge in [-0.15, -0.1) is 0 Å². The Morgan fingerprint density at radius 2 is 1.67 bits per heavy atom. The van der Waals surface area contributed by atoms with Crippen molar-refractivity contribution in [2.45, 2.75) is 74.7 Å². The third-order valence-corrected chi connectivity index (χ3v) is 11.8. The van der Waals surface area contributed by atoms with Crippen LogP contribution in [0.1, 0.15) is 52.9 Å². The van der Waals surface area contributed by atoms with Crippen LogP contribution in [-0.4, -0.2) is 53.5 Å². The predicted molar refractivity (Wildman–Crippen MR) is 139 cm³/mol. The Balaban J connectivity index is 1.32. The van der Waals surface area contributed by atoms with Crippen molar-refractivity contribution in [3.8, 4) is 0 Å². The number of amides is 2. The first-order chi connectivity index (χ1) is 18.2. The number of allylic oxidation sites excluding steroid dienone is 2. The number of hydrogen-bond donors (Lipinski definition) is 1. The molecule has 3 atom stereocenters. The molecular formula is C27H30ClF3N2O5S. The molecular weight excluding hydrogens is 557 g/mol. The molecule has 12 heteroatoms. The van der Waals surface area contributed by atoms with E-state index in [2.05, 4.69) is 5.32 Å². The second-order valence-corrected chi connectivity index (χ2v) is 14.3. The fourth-order valence-electron chi connectivity index (χ4n) is 6.93. The van der Waals surface area contributed by atoms with Crippen LogP contribution in [0.15, 0.2) is 34.9 Å². The number of hydrogen-bond acceptors (Lipinski definition) is 5. The van der Waals surface area contributed by atoms with Gasteiger partial charge in [0.05, 0.1) is 17.4 Å². The van der Waals surface area contributed by atoms with Crippen molar-refractivity contribution in [3.05, 3.63) is 52.3 Å². The smallest absolute Gasteiger partial charge is 0.251 e. The van der Waals surface area contributed by atoms with Gasteiger partial charge >= 0.3 is 0 Å². The van der Waals surface area contributed by atoms with Gasteiger partial charge in [-0.3, -0.25) is 9.59 Å². The number of halogens is 4. The molecule has 0 aromatic heterocycles. The lowest BCUT2D eigenvalue weighted by atomic mass is 9.74. The number of nitrogens with one attached hydrogen (secondary N) is 1. The summed E-state index contributed by atoms with van der Waals surface area (Å²) in [6, 6.07) is 1.29.